The lowest BCUT2D eigenvalue weighted by atomic mass is 9.86. The largest absolute Gasteiger partial charge is 0.327 e. The standard InChI is InChI=1S/C13H19N/c1-13(2,3)10-6-4-9(5-7-10)11-8-12(11)14/h4-7,11-12H,8,14H2,1-3H3/t11-,12+/m0/s1. The summed E-state index contributed by atoms with van der Waals surface area (Å²) in [6.07, 6.45) is 1.16. The van der Waals surface area contributed by atoms with Crippen molar-refractivity contribution in [2.75, 3.05) is 0 Å². The van der Waals surface area contributed by atoms with Gasteiger partial charge in [0.15, 0.2) is 0 Å². The van der Waals surface area contributed by atoms with E-state index < -0.39 is 0 Å². The fourth-order valence-electron chi connectivity index (χ4n) is 1.83. The maximum absolute atomic E-state index is 5.82. The monoisotopic (exact) mass is 189 g/mol. The third kappa shape index (κ3) is 1.83. The Morgan fingerprint density at radius 2 is 1.64 bits per heavy atom. The van der Waals surface area contributed by atoms with Crippen molar-refractivity contribution in [1.29, 1.82) is 0 Å². The van der Waals surface area contributed by atoms with Gasteiger partial charge in [-0.15, -0.1) is 0 Å². The zero-order valence-corrected chi connectivity index (χ0v) is 9.25. The predicted octanol–water partition coefficient (Wildman–Crippen LogP) is 2.80. The first kappa shape index (κ1) is 9.72. The molecule has 1 aromatic carbocycles. The topological polar surface area (TPSA) is 26.0 Å². The van der Waals surface area contributed by atoms with Crippen molar-refractivity contribution in [3.8, 4) is 0 Å². The molecule has 2 N–H and O–H groups in total. The van der Waals surface area contributed by atoms with Crippen LogP contribution in [0.2, 0.25) is 0 Å². The first-order valence-electron chi connectivity index (χ1n) is 5.34. The smallest absolute Gasteiger partial charge is 0.0115 e. The Morgan fingerprint density at radius 1 is 1.14 bits per heavy atom. The fourth-order valence-corrected chi connectivity index (χ4v) is 1.83. The van der Waals surface area contributed by atoms with Gasteiger partial charge in [0, 0.05) is 12.0 Å². The molecule has 0 aromatic heterocycles. The van der Waals surface area contributed by atoms with Crippen LogP contribution in [0, 0.1) is 0 Å². The summed E-state index contributed by atoms with van der Waals surface area (Å²) < 4.78 is 0. The molecule has 2 rings (SSSR count). The summed E-state index contributed by atoms with van der Waals surface area (Å²) in [5, 5.41) is 0. The maximum atomic E-state index is 5.82. The van der Waals surface area contributed by atoms with Gasteiger partial charge in [-0.05, 0) is 23.0 Å². The van der Waals surface area contributed by atoms with Crippen LogP contribution in [0.1, 0.15) is 44.2 Å². The van der Waals surface area contributed by atoms with E-state index in [-0.39, 0.29) is 5.41 Å². The van der Waals surface area contributed by atoms with E-state index in [0.717, 1.165) is 6.42 Å². The molecule has 1 nitrogen and oxygen atoms in total. The lowest BCUT2D eigenvalue weighted by Gasteiger charge is -2.19. The van der Waals surface area contributed by atoms with E-state index >= 15 is 0 Å². The zero-order valence-electron chi connectivity index (χ0n) is 9.25. The number of hydrogen-bond acceptors (Lipinski definition) is 1. The van der Waals surface area contributed by atoms with Crippen LogP contribution in [0.25, 0.3) is 0 Å². The quantitative estimate of drug-likeness (QED) is 0.722. The highest BCUT2D eigenvalue weighted by Crippen LogP contribution is 2.39. The van der Waals surface area contributed by atoms with Gasteiger partial charge in [0.25, 0.3) is 0 Å². The molecule has 14 heavy (non-hydrogen) atoms. The predicted molar refractivity (Wildman–Crippen MR) is 60.5 cm³/mol. The van der Waals surface area contributed by atoms with E-state index in [1.807, 2.05) is 0 Å². The number of benzene rings is 1. The van der Waals surface area contributed by atoms with Gasteiger partial charge >= 0.3 is 0 Å². The number of rotatable bonds is 1. The van der Waals surface area contributed by atoms with Gasteiger partial charge in [0.05, 0.1) is 0 Å². The van der Waals surface area contributed by atoms with Gasteiger partial charge in [-0.25, -0.2) is 0 Å². The fraction of sp³-hybridized carbons (Fsp3) is 0.538. The minimum absolute atomic E-state index is 0.254. The highest BCUT2D eigenvalue weighted by Gasteiger charge is 2.34. The Hall–Kier alpha value is -0.820. The van der Waals surface area contributed by atoms with E-state index in [1.165, 1.54) is 11.1 Å². The average molecular weight is 189 g/mol. The van der Waals surface area contributed by atoms with Crippen molar-refractivity contribution in [3.63, 3.8) is 0 Å². The molecule has 1 heteroatoms. The molecule has 0 unspecified atom stereocenters. The minimum Gasteiger partial charge on any atom is -0.327 e. The van der Waals surface area contributed by atoms with E-state index in [0.29, 0.717) is 12.0 Å². The number of hydrogen-bond donors (Lipinski definition) is 1. The van der Waals surface area contributed by atoms with Crippen molar-refractivity contribution in [2.45, 2.75) is 44.6 Å². The molecule has 0 spiro atoms. The number of nitrogens with two attached hydrogens (primary N) is 1. The van der Waals surface area contributed by atoms with Crippen LogP contribution in [-0.2, 0) is 5.41 Å². The second kappa shape index (κ2) is 3.09. The Bertz CT molecular complexity index is 318. The lowest BCUT2D eigenvalue weighted by molar-refractivity contribution is 0.590. The third-order valence-electron chi connectivity index (χ3n) is 3.04. The van der Waals surface area contributed by atoms with E-state index in [2.05, 4.69) is 45.0 Å². The molecule has 1 aromatic rings. The van der Waals surface area contributed by atoms with Gasteiger partial charge < -0.3 is 5.73 Å². The van der Waals surface area contributed by atoms with Crippen LogP contribution in [0.3, 0.4) is 0 Å². The van der Waals surface area contributed by atoms with Crippen LogP contribution in [-0.4, -0.2) is 6.04 Å². The molecule has 0 heterocycles. The summed E-state index contributed by atoms with van der Waals surface area (Å²) >= 11 is 0. The van der Waals surface area contributed by atoms with Gasteiger partial charge in [-0.2, -0.15) is 0 Å². The molecule has 1 aliphatic carbocycles. The molecule has 1 saturated carbocycles. The SMILES string of the molecule is CC(C)(C)c1ccc([C@@H]2C[C@H]2N)cc1. The van der Waals surface area contributed by atoms with Gasteiger partial charge in [0.2, 0.25) is 0 Å². The Morgan fingerprint density at radius 3 is 2.00 bits per heavy atom. The summed E-state index contributed by atoms with van der Waals surface area (Å²) in [5.41, 5.74) is 8.88. The zero-order chi connectivity index (χ0) is 10.3. The maximum Gasteiger partial charge on any atom is 0.0115 e. The molecule has 1 aliphatic rings. The normalized spacial score (nSPS) is 26.3. The van der Waals surface area contributed by atoms with Gasteiger partial charge in [-0.1, -0.05) is 45.0 Å². The van der Waals surface area contributed by atoms with Crippen molar-refractivity contribution in [2.24, 2.45) is 5.73 Å². The van der Waals surface area contributed by atoms with Crippen molar-refractivity contribution in [1.82, 2.24) is 0 Å². The summed E-state index contributed by atoms with van der Waals surface area (Å²) in [6, 6.07) is 9.35. The van der Waals surface area contributed by atoms with E-state index in [4.69, 9.17) is 5.73 Å². The van der Waals surface area contributed by atoms with Crippen LogP contribution >= 0.6 is 0 Å². The summed E-state index contributed by atoms with van der Waals surface area (Å²) in [6.45, 7) is 6.72. The first-order chi connectivity index (χ1) is 6.48. The van der Waals surface area contributed by atoms with Crippen LogP contribution < -0.4 is 5.73 Å². The Labute approximate surface area is 86.3 Å². The van der Waals surface area contributed by atoms with Gasteiger partial charge in [0.1, 0.15) is 0 Å². The summed E-state index contributed by atoms with van der Waals surface area (Å²) in [4.78, 5) is 0. The molecular formula is C13H19N. The Kier molecular flexibility index (Phi) is 2.15. The molecule has 0 aliphatic heterocycles. The highest BCUT2D eigenvalue weighted by molar-refractivity contribution is 5.33. The van der Waals surface area contributed by atoms with Crippen LogP contribution in [0.15, 0.2) is 24.3 Å². The molecule has 0 saturated heterocycles. The molecule has 2 atom stereocenters. The minimum atomic E-state index is 0.254. The average Bonchev–Trinajstić information content (AvgIpc) is 2.81. The summed E-state index contributed by atoms with van der Waals surface area (Å²) in [5.74, 6) is 0.629. The van der Waals surface area contributed by atoms with E-state index in [9.17, 15) is 0 Å². The van der Waals surface area contributed by atoms with E-state index in [1.54, 1.807) is 0 Å². The molecule has 76 valence electrons. The second-order valence-electron chi connectivity index (χ2n) is 5.38. The highest BCUT2D eigenvalue weighted by atomic mass is 14.7. The molecular weight excluding hydrogens is 170 g/mol. The molecule has 0 radical (unpaired) electrons. The van der Waals surface area contributed by atoms with Crippen molar-refractivity contribution < 1.29 is 0 Å². The molecule has 0 amide bonds. The molecule has 0 bridgehead atoms. The third-order valence-corrected chi connectivity index (χ3v) is 3.04. The Balaban J connectivity index is 2.18. The second-order valence-corrected chi connectivity index (χ2v) is 5.38. The van der Waals surface area contributed by atoms with Gasteiger partial charge in [-0.3, -0.25) is 0 Å². The van der Waals surface area contributed by atoms with Crippen molar-refractivity contribution >= 4 is 0 Å². The first-order valence-corrected chi connectivity index (χ1v) is 5.34. The van der Waals surface area contributed by atoms with Crippen LogP contribution in [0.4, 0.5) is 0 Å². The summed E-state index contributed by atoms with van der Waals surface area (Å²) in [7, 11) is 0. The lowest BCUT2D eigenvalue weighted by Crippen LogP contribution is -2.10. The molecule has 1 fully saturated rings. The van der Waals surface area contributed by atoms with Crippen molar-refractivity contribution in [3.05, 3.63) is 35.4 Å². The van der Waals surface area contributed by atoms with Crippen LogP contribution in [0.5, 0.6) is 0 Å².